The second-order valence-electron chi connectivity index (χ2n) is 9.59. The molecule has 0 amide bonds. The Labute approximate surface area is 217 Å². The van der Waals surface area contributed by atoms with Crippen molar-refractivity contribution in [2.45, 2.75) is 32.3 Å². The van der Waals surface area contributed by atoms with Gasteiger partial charge < -0.3 is 19.7 Å². The van der Waals surface area contributed by atoms with E-state index in [9.17, 15) is 4.79 Å². The van der Waals surface area contributed by atoms with Crippen molar-refractivity contribution in [2.24, 2.45) is 0 Å². The molecule has 5 nitrogen and oxygen atoms in total. The van der Waals surface area contributed by atoms with Crippen LogP contribution in [0.5, 0.6) is 11.5 Å². The van der Waals surface area contributed by atoms with Crippen LogP contribution in [0, 0.1) is 0 Å². The van der Waals surface area contributed by atoms with E-state index >= 15 is 0 Å². The maximum Gasteiger partial charge on any atom is 0.340 e. The van der Waals surface area contributed by atoms with Gasteiger partial charge in [-0.3, -0.25) is 0 Å². The van der Waals surface area contributed by atoms with Gasteiger partial charge in [-0.15, -0.1) is 0 Å². The summed E-state index contributed by atoms with van der Waals surface area (Å²) in [5, 5.41) is 3.47. The lowest BCUT2D eigenvalue weighted by Gasteiger charge is -2.37. The van der Waals surface area contributed by atoms with Crippen LogP contribution in [-0.2, 0) is 10.3 Å². The molecule has 0 radical (unpaired) electrons. The van der Waals surface area contributed by atoms with Crippen molar-refractivity contribution in [3.63, 3.8) is 0 Å². The summed E-state index contributed by atoms with van der Waals surface area (Å²) in [6.07, 6.45) is 2.12. The van der Waals surface area contributed by atoms with Crippen LogP contribution in [0.15, 0.2) is 91.0 Å². The molecule has 1 atom stereocenters. The first-order chi connectivity index (χ1) is 18.1. The third-order valence-corrected chi connectivity index (χ3v) is 7.11. The van der Waals surface area contributed by atoms with Gasteiger partial charge in [0.1, 0.15) is 11.5 Å². The van der Waals surface area contributed by atoms with Crippen LogP contribution in [0.25, 0.3) is 0 Å². The number of benzene rings is 4. The molecule has 2 aliphatic rings. The minimum absolute atomic E-state index is 0.321. The number of para-hydroxylation sites is 1. The molecule has 0 aromatic heterocycles. The standard InChI is InChI=1S/C32H30N2O3/c1-3-18-34(19-4-2)24-15-16-27-30(21-24)36-29-17-14-23(33-22-10-6-5-7-11-22)20-28(29)32(27)26-13-9-8-12-25(26)31(35)37-32/h5-17,20-21,33H,3-4,18-19H2,1-2H3. The van der Waals surface area contributed by atoms with E-state index in [1.54, 1.807) is 0 Å². The molecule has 186 valence electrons. The summed E-state index contributed by atoms with van der Waals surface area (Å²) >= 11 is 0. The fourth-order valence-electron chi connectivity index (χ4n) is 5.53. The van der Waals surface area contributed by atoms with Crippen LogP contribution in [0.3, 0.4) is 0 Å². The van der Waals surface area contributed by atoms with Crippen molar-refractivity contribution in [3.8, 4) is 11.5 Å². The quantitative estimate of drug-likeness (QED) is 0.270. The molecular formula is C32H30N2O3. The minimum atomic E-state index is -1.08. The first kappa shape index (κ1) is 23.2. The number of fused-ring (bicyclic) bond motifs is 6. The van der Waals surface area contributed by atoms with Gasteiger partial charge in [0.15, 0.2) is 5.60 Å². The zero-order chi connectivity index (χ0) is 25.4. The Bertz CT molecular complexity index is 1460. The highest BCUT2D eigenvalue weighted by Crippen LogP contribution is 2.57. The highest BCUT2D eigenvalue weighted by molar-refractivity contribution is 5.97. The predicted octanol–water partition coefficient (Wildman–Crippen LogP) is 7.62. The van der Waals surface area contributed by atoms with Crippen LogP contribution in [0.1, 0.15) is 53.7 Å². The predicted molar refractivity (Wildman–Crippen MR) is 147 cm³/mol. The summed E-state index contributed by atoms with van der Waals surface area (Å²) in [6.45, 7) is 6.33. The summed E-state index contributed by atoms with van der Waals surface area (Å²) in [5.74, 6) is 1.08. The van der Waals surface area contributed by atoms with Gasteiger partial charge in [-0.25, -0.2) is 4.79 Å². The SMILES string of the molecule is CCCN(CCC)c1ccc2c(c1)Oc1ccc(Nc3ccccc3)cc1C21OC(=O)c2ccccc21. The molecular weight excluding hydrogens is 460 g/mol. The molecule has 2 aliphatic heterocycles. The van der Waals surface area contributed by atoms with Crippen molar-refractivity contribution in [2.75, 3.05) is 23.3 Å². The Morgan fingerprint density at radius 2 is 1.49 bits per heavy atom. The molecule has 0 aliphatic carbocycles. The average molecular weight is 491 g/mol. The molecule has 5 heteroatoms. The molecule has 1 spiro atoms. The lowest BCUT2D eigenvalue weighted by Crippen LogP contribution is -2.33. The number of ether oxygens (including phenoxy) is 2. The summed E-state index contributed by atoms with van der Waals surface area (Å²) in [7, 11) is 0. The molecule has 6 rings (SSSR count). The zero-order valence-corrected chi connectivity index (χ0v) is 21.2. The summed E-state index contributed by atoms with van der Waals surface area (Å²) in [6, 6.07) is 30.0. The zero-order valence-electron chi connectivity index (χ0n) is 21.2. The molecule has 0 bridgehead atoms. The first-order valence-electron chi connectivity index (χ1n) is 13.0. The van der Waals surface area contributed by atoms with Crippen molar-refractivity contribution >= 4 is 23.0 Å². The number of carbonyl (C=O) groups excluding carboxylic acids is 1. The monoisotopic (exact) mass is 490 g/mol. The Morgan fingerprint density at radius 3 is 2.27 bits per heavy atom. The highest BCUT2D eigenvalue weighted by Gasteiger charge is 2.53. The van der Waals surface area contributed by atoms with E-state index in [2.05, 4.69) is 42.3 Å². The molecule has 37 heavy (non-hydrogen) atoms. The molecule has 0 fully saturated rings. The number of nitrogens with zero attached hydrogens (tertiary/aromatic N) is 1. The number of nitrogens with one attached hydrogen (secondary N) is 1. The third-order valence-electron chi connectivity index (χ3n) is 7.11. The second-order valence-corrected chi connectivity index (χ2v) is 9.59. The fraction of sp³-hybridized carbons (Fsp3) is 0.219. The van der Waals surface area contributed by atoms with Crippen LogP contribution >= 0.6 is 0 Å². The van der Waals surface area contributed by atoms with E-state index in [-0.39, 0.29) is 5.97 Å². The van der Waals surface area contributed by atoms with E-state index < -0.39 is 5.60 Å². The van der Waals surface area contributed by atoms with Crippen molar-refractivity contribution < 1.29 is 14.3 Å². The Balaban J connectivity index is 1.52. The number of anilines is 3. The molecule has 1 N–H and O–H groups in total. The van der Waals surface area contributed by atoms with Crippen LogP contribution in [0.4, 0.5) is 17.1 Å². The molecule has 4 aromatic carbocycles. The van der Waals surface area contributed by atoms with Gasteiger partial charge in [0, 0.05) is 52.9 Å². The van der Waals surface area contributed by atoms with Gasteiger partial charge >= 0.3 is 5.97 Å². The van der Waals surface area contributed by atoms with Crippen molar-refractivity contribution in [1.82, 2.24) is 0 Å². The van der Waals surface area contributed by atoms with Gasteiger partial charge in [-0.05, 0) is 61.4 Å². The van der Waals surface area contributed by atoms with Gasteiger partial charge in [0.2, 0.25) is 0 Å². The lowest BCUT2D eigenvalue weighted by atomic mass is 9.77. The molecule has 0 saturated heterocycles. The number of carbonyl (C=O) groups is 1. The first-order valence-corrected chi connectivity index (χ1v) is 13.0. The van der Waals surface area contributed by atoms with Gasteiger partial charge in [-0.1, -0.05) is 50.2 Å². The van der Waals surface area contributed by atoms with E-state index in [1.165, 1.54) is 0 Å². The Hall–Kier alpha value is -4.25. The van der Waals surface area contributed by atoms with E-state index in [4.69, 9.17) is 9.47 Å². The molecule has 2 heterocycles. The number of esters is 1. The number of hydrogen-bond acceptors (Lipinski definition) is 5. The minimum Gasteiger partial charge on any atom is -0.456 e. The summed E-state index contributed by atoms with van der Waals surface area (Å²) in [4.78, 5) is 15.6. The van der Waals surface area contributed by atoms with E-state index in [0.717, 1.165) is 65.4 Å². The van der Waals surface area contributed by atoms with Crippen LogP contribution in [-0.4, -0.2) is 19.1 Å². The molecule has 4 aromatic rings. The van der Waals surface area contributed by atoms with Crippen LogP contribution < -0.4 is 15.0 Å². The van der Waals surface area contributed by atoms with Gasteiger partial charge in [0.05, 0.1) is 5.56 Å². The average Bonchev–Trinajstić information content (AvgIpc) is 3.22. The largest absolute Gasteiger partial charge is 0.456 e. The molecule has 0 saturated carbocycles. The normalized spacial score (nSPS) is 16.9. The summed E-state index contributed by atoms with van der Waals surface area (Å²) in [5.41, 5.74) is 4.99. The van der Waals surface area contributed by atoms with Crippen molar-refractivity contribution in [1.29, 1.82) is 0 Å². The van der Waals surface area contributed by atoms with E-state index in [1.807, 2.05) is 72.8 Å². The fourth-order valence-corrected chi connectivity index (χ4v) is 5.53. The lowest BCUT2D eigenvalue weighted by molar-refractivity contribution is 0.0224. The topological polar surface area (TPSA) is 50.8 Å². The van der Waals surface area contributed by atoms with Gasteiger partial charge in [0.25, 0.3) is 0 Å². The Morgan fingerprint density at radius 1 is 0.730 bits per heavy atom. The molecule has 1 unspecified atom stereocenters. The van der Waals surface area contributed by atoms with Gasteiger partial charge in [-0.2, -0.15) is 0 Å². The highest BCUT2D eigenvalue weighted by atomic mass is 16.6. The maximum atomic E-state index is 13.2. The second kappa shape index (κ2) is 9.32. The maximum absolute atomic E-state index is 13.2. The Kier molecular flexibility index (Phi) is 5.84. The summed E-state index contributed by atoms with van der Waals surface area (Å²) < 4.78 is 12.9. The van der Waals surface area contributed by atoms with Crippen molar-refractivity contribution in [3.05, 3.63) is 113 Å². The smallest absolute Gasteiger partial charge is 0.340 e. The third kappa shape index (κ3) is 3.82. The number of hydrogen-bond donors (Lipinski definition) is 1. The number of rotatable bonds is 7. The van der Waals surface area contributed by atoms with Crippen LogP contribution in [0.2, 0.25) is 0 Å². The van der Waals surface area contributed by atoms with E-state index in [0.29, 0.717) is 11.3 Å².